The van der Waals surface area contributed by atoms with Crippen LogP contribution >= 0.6 is 15.9 Å². The summed E-state index contributed by atoms with van der Waals surface area (Å²) < 4.78 is 14.2. The Morgan fingerprint density at radius 1 is 1.29 bits per heavy atom. The summed E-state index contributed by atoms with van der Waals surface area (Å²) in [6, 6.07) is 6.33. The molecule has 2 aromatic rings. The highest BCUT2D eigenvalue weighted by molar-refractivity contribution is 9.10. The highest BCUT2D eigenvalue weighted by Crippen LogP contribution is 2.22. The van der Waals surface area contributed by atoms with E-state index in [-0.39, 0.29) is 11.8 Å². The van der Waals surface area contributed by atoms with E-state index in [0.717, 1.165) is 5.69 Å². The minimum atomic E-state index is -0.386. The van der Waals surface area contributed by atoms with E-state index in [4.69, 9.17) is 5.73 Å². The largest absolute Gasteiger partial charge is 0.384 e. The first-order valence-electron chi connectivity index (χ1n) is 4.88. The normalized spacial score (nSPS) is 10.3. The monoisotopic (exact) mass is 296 g/mol. The average molecular weight is 297 g/mol. The van der Waals surface area contributed by atoms with Crippen LogP contribution in [0.5, 0.6) is 0 Å². The molecule has 0 fully saturated rings. The van der Waals surface area contributed by atoms with Crippen molar-refractivity contribution in [3.05, 3.63) is 40.2 Å². The van der Waals surface area contributed by atoms with E-state index in [9.17, 15) is 4.39 Å². The van der Waals surface area contributed by atoms with Gasteiger partial charge < -0.3 is 11.1 Å². The molecule has 0 atom stereocenters. The molecule has 6 heteroatoms. The molecule has 1 aromatic heterocycles. The summed E-state index contributed by atoms with van der Waals surface area (Å²) in [7, 11) is 0. The number of nitrogens with one attached hydrogen (secondary N) is 1. The molecule has 0 saturated heterocycles. The molecular weight excluding hydrogens is 287 g/mol. The second kappa shape index (κ2) is 4.67. The van der Waals surface area contributed by atoms with Crippen molar-refractivity contribution in [3.63, 3.8) is 0 Å². The number of halogens is 2. The van der Waals surface area contributed by atoms with Crippen molar-refractivity contribution in [2.24, 2.45) is 0 Å². The van der Waals surface area contributed by atoms with Gasteiger partial charge in [0.15, 0.2) is 0 Å². The number of aryl methyl sites for hydroxylation is 1. The van der Waals surface area contributed by atoms with Crippen LogP contribution in [0.25, 0.3) is 0 Å². The quantitative estimate of drug-likeness (QED) is 0.894. The lowest BCUT2D eigenvalue weighted by molar-refractivity contribution is 0.630. The van der Waals surface area contributed by atoms with Gasteiger partial charge in [0.05, 0.1) is 5.69 Å². The molecule has 0 bridgehead atoms. The Balaban J connectivity index is 2.31. The Bertz CT molecular complexity index is 539. The van der Waals surface area contributed by atoms with Gasteiger partial charge in [0, 0.05) is 16.2 Å². The second-order valence-electron chi connectivity index (χ2n) is 3.51. The maximum Gasteiger partial charge on any atom is 0.229 e. The Labute approximate surface area is 106 Å². The van der Waals surface area contributed by atoms with E-state index in [0.29, 0.717) is 16.0 Å². The van der Waals surface area contributed by atoms with Crippen molar-refractivity contribution in [1.29, 1.82) is 0 Å². The molecule has 0 radical (unpaired) electrons. The fourth-order valence-electron chi connectivity index (χ4n) is 1.36. The summed E-state index contributed by atoms with van der Waals surface area (Å²) in [5, 5.41) is 2.78. The molecule has 0 amide bonds. The summed E-state index contributed by atoms with van der Waals surface area (Å²) in [6.45, 7) is 1.79. The van der Waals surface area contributed by atoms with E-state index < -0.39 is 0 Å². The fourth-order valence-corrected chi connectivity index (χ4v) is 1.69. The number of hydrogen-bond acceptors (Lipinski definition) is 4. The molecule has 3 N–H and O–H groups in total. The molecule has 88 valence electrons. The molecule has 17 heavy (non-hydrogen) atoms. The van der Waals surface area contributed by atoms with Gasteiger partial charge in [0.2, 0.25) is 5.95 Å². The van der Waals surface area contributed by atoms with Gasteiger partial charge in [-0.05, 0) is 25.1 Å². The van der Waals surface area contributed by atoms with Gasteiger partial charge in [-0.25, -0.2) is 9.37 Å². The zero-order valence-corrected chi connectivity index (χ0v) is 10.6. The van der Waals surface area contributed by atoms with Crippen LogP contribution < -0.4 is 11.1 Å². The van der Waals surface area contributed by atoms with E-state index in [1.54, 1.807) is 25.1 Å². The number of nitrogen functional groups attached to an aromatic ring is 1. The number of aromatic nitrogens is 2. The van der Waals surface area contributed by atoms with Gasteiger partial charge in [-0.1, -0.05) is 15.9 Å². The highest BCUT2D eigenvalue weighted by atomic mass is 79.9. The summed E-state index contributed by atoms with van der Waals surface area (Å²) in [4.78, 5) is 8.08. The van der Waals surface area contributed by atoms with Crippen molar-refractivity contribution in [1.82, 2.24) is 9.97 Å². The van der Waals surface area contributed by atoms with Crippen LogP contribution in [0, 0.1) is 12.7 Å². The number of nitrogens with zero attached hydrogens (tertiary/aromatic N) is 2. The minimum absolute atomic E-state index is 0.281. The van der Waals surface area contributed by atoms with Crippen LogP contribution in [-0.2, 0) is 0 Å². The molecule has 0 saturated carbocycles. The molecular formula is C11H10BrFN4. The number of anilines is 3. The summed E-state index contributed by atoms with van der Waals surface area (Å²) in [5.41, 5.74) is 6.61. The minimum Gasteiger partial charge on any atom is -0.384 e. The first-order valence-corrected chi connectivity index (χ1v) is 5.67. The number of nitrogens with two attached hydrogens (primary N) is 1. The van der Waals surface area contributed by atoms with Gasteiger partial charge in [-0.2, -0.15) is 4.98 Å². The van der Waals surface area contributed by atoms with Crippen LogP contribution in [0.15, 0.2) is 28.7 Å². The third-order valence-corrected chi connectivity index (χ3v) is 2.54. The molecule has 2 rings (SSSR count). The van der Waals surface area contributed by atoms with Crippen molar-refractivity contribution >= 4 is 33.4 Å². The zero-order chi connectivity index (χ0) is 12.4. The number of hydrogen-bond donors (Lipinski definition) is 2. The topological polar surface area (TPSA) is 63.8 Å². The van der Waals surface area contributed by atoms with Gasteiger partial charge in [0.25, 0.3) is 0 Å². The van der Waals surface area contributed by atoms with Gasteiger partial charge in [-0.3, -0.25) is 0 Å². The van der Waals surface area contributed by atoms with Crippen LogP contribution in [0.4, 0.5) is 21.8 Å². The summed E-state index contributed by atoms with van der Waals surface area (Å²) in [6.07, 6.45) is 0. The van der Waals surface area contributed by atoms with Gasteiger partial charge in [0.1, 0.15) is 11.6 Å². The van der Waals surface area contributed by atoms with E-state index >= 15 is 0 Å². The van der Waals surface area contributed by atoms with Crippen molar-refractivity contribution in [3.8, 4) is 0 Å². The van der Waals surface area contributed by atoms with Crippen molar-refractivity contribution < 1.29 is 4.39 Å². The standard InChI is InChI=1S/C11H10BrFN4/c1-6-4-10(14)17-11(15-6)16-9-3-2-7(12)5-8(9)13/h2-5H,1H3,(H3,14,15,16,17). The molecule has 0 spiro atoms. The fraction of sp³-hybridized carbons (Fsp3) is 0.0909. The van der Waals surface area contributed by atoms with E-state index in [2.05, 4.69) is 31.2 Å². The van der Waals surface area contributed by atoms with Crippen LogP contribution in [0.1, 0.15) is 5.69 Å². The highest BCUT2D eigenvalue weighted by Gasteiger charge is 2.05. The SMILES string of the molecule is Cc1cc(N)nc(Nc2ccc(Br)cc2F)n1. The molecule has 0 aliphatic rings. The third-order valence-electron chi connectivity index (χ3n) is 2.05. The Kier molecular flexibility index (Phi) is 3.23. The van der Waals surface area contributed by atoms with E-state index in [1.165, 1.54) is 6.07 Å². The average Bonchev–Trinajstić information content (AvgIpc) is 2.21. The van der Waals surface area contributed by atoms with Crippen LogP contribution in [0.2, 0.25) is 0 Å². The van der Waals surface area contributed by atoms with Crippen LogP contribution in [-0.4, -0.2) is 9.97 Å². The predicted molar refractivity (Wildman–Crippen MR) is 68.6 cm³/mol. The Hall–Kier alpha value is -1.69. The lowest BCUT2D eigenvalue weighted by atomic mass is 10.3. The van der Waals surface area contributed by atoms with Crippen molar-refractivity contribution in [2.75, 3.05) is 11.1 Å². The lowest BCUT2D eigenvalue weighted by Crippen LogP contribution is -2.02. The smallest absolute Gasteiger partial charge is 0.229 e. The zero-order valence-electron chi connectivity index (χ0n) is 9.04. The van der Waals surface area contributed by atoms with E-state index in [1.807, 2.05) is 0 Å². The molecule has 4 nitrogen and oxygen atoms in total. The number of rotatable bonds is 2. The Morgan fingerprint density at radius 3 is 2.71 bits per heavy atom. The molecule has 1 heterocycles. The van der Waals surface area contributed by atoms with Crippen molar-refractivity contribution in [2.45, 2.75) is 6.92 Å². The van der Waals surface area contributed by atoms with Gasteiger partial charge in [-0.15, -0.1) is 0 Å². The Morgan fingerprint density at radius 2 is 2.06 bits per heavy atom. The molecule has 0 aliphatic carbocycles. The predicted octanol–water partition coefficient (Wildman–Crippen LogP) is 3.01. The first-order chi connectivity index (χ1) is 8.04. The molecule has 0 unspecified atom stereocenters. The maximum atomic E-state index is 13.6. The second-order valence-corrected chi connectivity index (χ2v) is 4.42. The third kappa shape index (κ3) is 2.91. The number of benzene rings is 1. The lowest BCUT2D eigenvalue weighted by Gasteiger charge is -2.07. The first kappa shape index (κ1) is 11.8. The molecule has 1 aromatic carbocycles. The molecule has 0 aliphatic heterocycles. The summed E-state index contributed by atoms with van der Waals surface area (Å²) in [5.74, 6) is 0.240. The van der Waals surface area contributed by atoms with Crippen LogP contribution in [0.3, 0.4) is 0 Å². The van der Waals surface area contributed by atoms with Gasteiger partial charge >= 0.3 is 0 Å². The maximum absolute atomic E-state index is 13.6. The summed E-state index contributed by atoms with van der Waals surface area (Å²) >= 11 is 3.19.